The van der Waals surface area contributed by atoms with Gasteiger partial charge in [0.05, 0.1) is 23.5 Å². The number of aromatic nitrogens is 4. The lowest BCUT2D eigenvalue weighted by molar-refractivity contribution is 0.0732. The highest BCUT2D eigenvalue weighted by atomic mass is 19.2. The molecule has 4 heterocycles. The van der Waals surface area contributed by atoms with Crippen molar-refractivity contribution in [1.82, 2.24) is 24.6 Å². The number of benzene rings is 1. The third kappa shape index (κ3) is 3.22. The van der Waals surface area contributed by atoms with Gasteiger partial charge in [0.2, 0.25) is 0 Å². The summed E-state index contributed by atoms with van der Waals surface area (Å²) in [6, 6.07) is 7.29. The van der Waals surface area contributed by atoms with Crippen molar-refractivity contribution in [1.29, 1.82) is 0 Å². The predicted octanol–water partition coefficient (Wildman–Crippen LogP) is 3.65. The Labute approximate surface area is 175 Å². The summed E-state index contributed by atoms with van der Waals surface area (Å²) < 4.78 is 42.4. The van der Waals surface area contributed by atoms with Crippen LogP contribution in [0.2, 0.25) is 0 Å². The Balaban J connectivity index is 1.46. The summed E-state index contributed by atoms with van der Waals surface area (Å²) in [5, 5.41) is 5.21. The molecule has 0 N–H and O–H groups in total. The zero-order valence-corrected chi connectivity index (χ0v) is 16.4. The van der Waals surface area contributed by atoms with E-state index in [1.807, 2.05) is 6.07 Å². The van der Waals surface area contributed by atoms with E-state index in [2.05, 4.69) is 15.1 Å². The fourth-order valence-corrected chi connectivity index (χ4v) is 4.01. The van der Waals surface area contributed by atoms with E-state index in [0.29, 0.717) is 35.6 Å². The van der Waals surface area contributed by atoms with E-state index in [9.17, 15) is 18.0 Å². The monoisotopic (exact) mass is 423 g/mol. The molecule has 1 amide bonds. The summed E-state index contributed by atoms with van der Waals surface area (Å²) in [7, 11) is 1.65. The van der Waals surface area contributed by atoms with Crippen molar-refractivity contribution in [3.8, 4) is 11.3 Å². The van der Waals surface area contributed by atoms with Crippen molar-refractivity contribution in [2.75, 3.05) is 6.54 Å². The van der Waals surface area contributed by atoms with Crippen LogP contribution in [0.3, 0.4) is 0 Å². The van der Waals surface area contributed by atoms with Crippen LogP contribution in [-0.4, -0.2) is 37.1 Å². The largest absolute Gasteiger partial charge is 0.332 e. The van der Waals surface area contributed by atoms with Gasteiger partial charge in [-0.05, 0) is 36.8 Å². The normalized spacial score (nSPS) is 13.5. The van der Waals surface area contributed by atoms with E-state index in [1.165, 1.54) is 10.9 Å². The van der Waals surface area contributed by atoms with Crippen molar-refractivity contribution in [3.63, 3.8) is 0 Å². The van der Waals surface area contributed by atoms with Crippen LogP contribution in [0, 0.1) is 17.5 Å². The maximum atomic E-state index is 13.8. The number of nitrogens with zero attached hydrogens (tertiary/aromatic N) is 5. The Kier molecular flexibility index (Phi) is 4.46. The number of carbonyl (C=O) groups excluding carboxylic acids is 1. The second kappa shape index (κ2) is 7.19. The van der Waals surface area contributed by atoms with Gasteiger partial charge in [-0.1, -0.05) is 0 Å². The molecule has 1 aliphatic heterocycles. The number of aryl methyl sites for hydroxylation is 1. The summed E-state index contributed by atoms with van der Waals surface area (Å²) in [5.74, 6) is -4.20. The van der Waals surface area contributed by atoms with Crippen molar-refractivity contribution in [2.24, 2.45) is 7.05 Å². The molecule has 9 heteroatoms. The standard InChI is InChI=1S/C22H16F3N5O/c1-29-20(13-8-16(23)19(25)17(24)9-13)15-4-6-30(11-18(15)28-29)22(31)14-7-12-3-2-5-26-21(12)27-10-14/h2-3,5,7-10H,4,6,11H2,1H3. The Morgan fingerprint density at radius 2 is 1.87 bits per heavy atom. The summed E-state index contributed by atoms with van der Waals surface area (Å²) in [6.45, 7) is 0.654. The quantitative estimate of drug-likeness (QED) is 0.462. The molecule has 0 saturated carbocycles. The van der Waals surface area contributed by atoms with Gasteiger partial charge in [0, 0.05) is 42.5 Å². The molecule has 156 valence electrons. The summed E-state index contributed by atoms with van der Waals surface area (Å²) in [5.41, 5.74) is 3.16. The van der Waals surface area contributed by atoms with Crippen molar-refractivity contribution >= 4 is 16.9 Å². The molecule has 0 aliphatic carbocycles. The number of halogens is 3. The molecule has 0 unspecified atom stereocenters. The minimum Gasteiger partial charge on any atom is -0.332 e. The third-order valence-corrected chi connectivity index (χ3v) is 5.45. The first-order chi connectivity index (χ1) is 14.9. The van der Waals surface area contributed by atoms with Gasteiger partial charge in [-0.2, -0.15) is 5.10 Å². The maximum absolute atomic E-state index is 13.8. The Bertz CT molecular complexity index is 1330. The number of rotatable bonds is 2. The van der Waals surface area contributed by atoms with Crippen molar-refractivity contribution in [3.05, 3.63) is 77.0 Å². The molecule has 31 heavy (non-hydrogen) atoms. The first-order valence-electron chi connectivity index (χ1n) is 9.62. The number of fused-ring (bicyclic) bond motifs is 2. The molecule has 6 nitrogen and oxygen atoms in total. The fraction of sp³-hybridized carbons (Fsp3) is 0.182. The van der Waals surface area contributed by atoms with Gasteiger partial charge < -0.3 is 4.90 Å². The molecule has 3 aromatic heterocycles. The molecule has 1 aromatic carbocycles. The van der Waals surface area contributed by atoms with Crippen LogP contribution >= 0.6 is 0 Å². The topological polar surface area (TPSA) is 63.9 Å². The molecule has 0 spiro atoms. The van der Waals surface area contributed by atoms with Crippen LogP contribution in [0.1, 0.15) is 21.6 Å². The average Bonchev–Trinajstić information content (AvgIpc) is 3.11. The molecule has 1 aliphatic rings. The Morgan fingerprint density at radius 1 is 1.10 bits per heavy atom. The van der Waals surface area contributed by atoms with E-state index >= 15 is 0 Å². The number of hydrogen-bond donors (Lipinski definition) is 0. The van der Waals surface area contributed by atoms with Crippen LogP contribution in [0.4, 0.5) is 13.2 Å². The minimum atomic E-state index is -1.50. The first-order valence-corrected chi connectivity index (χ1v) is 9.62. The van der Waals surface area contributed by atoms with E-state index in [4.69, 9.17) is 0 Å². The van der Waals surface area contributed by atoms with Crippen LogP contribution in [0.15, 0.2) is 42.7 Å². The zero-order chi connectivity index (χ0) is 21.7. The highest BCUT2D eigenvalue weighted by molar-refractivity contribution is 5.97. The molecular weight excluding hydrogens is 407 g/mol. The first kappa shape index (κ1) is 19.2. The summed E-state index contributed by atoms with van der Waals surface area (Å²) in [4.78, 5) is 23.1. The van der Waals surface area contributed by atoms with E-state index < -0.39 is 17.5 Å². The molecule has 0 bridgehead atoms. The second-order valence-corrected chi connectivity index (χ2v) is 7.40. The van der Waals surface area contributed by atoms with Gasteiger partial charge in [-0.15, -0.1) is 0 Å². The SMILES string of the molecule is Cn1nc2c(c1-c1cc(F)c(F)c(F)c1)CCN(C(=O)c1cnc3ncccc3c1)C2. The molecule has 0 fully saturated rings. The van der Waals surface area contributed by atoms with Crippen LogP contribution in [0.25, 0.3) is 22.3 Å². The fourth-order valence-electron chi connectivity index (χ4n) is 4.01. The minimum absolute atomic E-state index is 0.185. The lowest BCUT2D eigenvalue weighted by Crippen LogP contribution is -2.36. The zero-order valence-electron chi connectivity index (χ0n) is 16.4. The van der Waals surface area contributed by atoms with Crippen LogP contribution in [-0.2, 0) is 20.0 Å². The van der Waals surface area contributed by atoms with Gasteiger partial charge in [0.1, 0.15) is 0 Å². The summed E-state index contributed by atoms with van der Waals surface area (Å²) >= 11 is 0. The van der Waals surface area contributed by atoms with E-state index in [1.54, 1.807) is 30.3 Å². The second-order valence-electron chi connectivity index (χ2n) is 7.40. The highest BCUT2D eigenvalue weighted by Gasteiger charge is 2.28. The molecule has 5 rings (SSSR count). The Hall–Kier alpha value is -3.75. The smallest absolute Gasteiger partial charge is 0.255 e. The molecule has 0 saturated heterocycles. The van der Waals surface area contributed by atoms with Gasteiger partial charge in [-0.25, -0.2) is 23.1 Å². The lowest BCUT2D eigenvalue weighted by Gasteiger charge is -2.26. The lowest BCUT2D eigenvalue weighted by atomic mass is 9.99. The molecule has 4 aromatic rings. The third-order valence-electron chi connectivity index (χ3n) is 5.45. The predicted molar refractivity (Wildman–Crippen MR) is 107 cm³/mol. The molecule has 0 atom stereocenters. The Morgan fingerprint density at radius 3 is 2.65 bits per heavy atom. The number of amides is 1. The average molecular weight is 423 g/mol. The van der Waals surface area contributed by atoms with Crippen LogP contribution in [0.5, 0.6) is 0 Å². The molecule has 0 radical (unpaired) electrons. The highest BCUT2D eigenvalue weighted by Crippen LogP contribution is 2.32. The van der Waals surface area contributed by atoms with Gasteiger partial charge >= 0.3 is 0 Å². The van der Waals surface area contributed by atoms with Gasteiger partial charge in [0.15, 0.2) is 23.1 Å². The van der Waals surface area contributed by atoms with Crippen molar-refractivity contribution < 1.29 is 18.0 Å². The van der Waals surface area contributed by atoms with Crippen LogP contribution < -0.4 is 0 Å². The van der Waals surface area contributed by atoms with Crippen molar-refractivity contribution in [2.45, 2.75) is 13.0 Å². The van der Waals surface area contributed by atoms with E-state index in [-0.39, 0.29) is 18.0 Å². The van der Waals surface area contributed by atoms with Gasteiger partial charge in [0.25, 0.3) is 5.91 Å². The van der Waals surface area contributed by atoms with Gasteiger partial charge in [-0.3, -0.25) is 9.48 Å². The number of carbonyl (C=O) groups is 1. The number of hydrogen-bond acceptors (Lipinski definition) is 4. The molecular formula is C22H16F3N5O. The number of pyridine rings is 2. The maximum Gasteiger partial charge on any atom is 0.255 e. The van der Waals surface area contributed by atoms with E-state index in [0.717, 1.165) is 23.1 Å². The summed E-state index contributed by atoms with van der Waals surface area (Å²) in [6.07, 6.45) is 3.59.